The molecule has 1 heterocycles. The van der Waals surface area contributed by atoms with Gasteiger partial charge in [0.05, 0.1) is 19.0 Å². The van der Waals surface area contributed by atoms with Crippen LogP contribution in [-0.2, 0) is 4.74 Å². The Morgan fingerprint density at radius 3 is 2.59 bits per heavy atom. The van der Waals surface area contributed by atoms with E-state index in [4.69, 9.17) is 0 Å². The number of aryl methyl sites for hydroxylation is 1. The number of hydrogen-bond donors (Lipinski definition) is 2. The number of anilines is 3. The lowest BCUT2D eigenvalue weighted by Gasteiger charge is -2.17. The van der Waals surface area contributed by atoms with Crippen LogP contribution >= 0.6 is 0 Å². The quantitative estimate of drug-likeness (QED) is 0.876. The SMILES string of the molecule is COC(=O)Nc1ccc(Nc2c(C)cccc2C(C)C)nc1. The maximum absolute atomic E-state index is 11.1. The second-order valence-electron chi connectivity index (χ2n) is 5.37. The minimum Gasteiger partial charge on any atom is -0.453 e. The van der Waals surface area contributed by atoms with Crippen molar-refractivity contribution < 1.29 is 9.53 Å². The number of para-hydroxylation sites is 1. The predicted molar refractivity (Wildman–Crippen MR) is 88.8 cm³/mol. The average Bonchev–Trinajstić information content (AvgIpc) is 2.50. The summed E-state index contributed by atoms with van der Waals surface area (Å²) in [5, 5.41) is 5.93. The molecule has 5 heteroatoms. The molecule has 2 N–H and O–H groups in total. The molecule has 0 atom stereocenters. The van der Waals surface area contributed by atoms with Gasteiger partial charge in [0.25, 0.3) is 0 Å². The minimum atomic E-state index is -0.511. The first-order chi connectivity index (χ1) is 10.5. The molecule has 0 fully saturated rings. The van der Waals surface area contributed by atoms with E-state index in [9.17, 15) is 4.79 Å². The fourth-order valence-electron chi connectivity index (χ4n) is 2.18. The van der Waals surface area contributed by atoms with Crippen molar-refractivity contribution in [1.29, 1.82) is 0 Å². The number of carbonyl (C=O) groups is 1. The third-order valence-corrected chi connectivity index (χ3v) is 3.38. The number of amides is 1. The fraction of sp³-hybridized carbons (Fsp3) is 0.294. The number of ether oxygens (including phenoxy) is 1. The van der Waals surface area contributed by atoms with Gasteiger partial charge in [-0.05, 0) is 36.1 Å². The lowest BCUT2D eigenvalue weighted by molar-refractivity contribution is 0.187. The third kappa shape index (κ3) is 3.75. The van der Waals surface area contributed by atoms with E-state index in [-0.39, 0.29) is 0 Å². The molecule has 0 saturated heterocycles. The average molecular weight is 299 g/mol. The van der Waals surface area contributed by atoms with Crippen molar-refractivity contribution >= 4 is 23.3 Å². The van der Waals surface area contributed by atoms with Crippen LogP contribution in [0, 0.1) is 6.92 Å². The van der Waals surface area contributed by atoms with Crippen molar-refractivity contribution in [2.75, 3.05) is 17.7 Å². The number of nitrogens with one attached hydrogen (secondary N) is 2. The van der Waals surface area contributed by atoms with Gasteiger partial charge in [-0.25, -0.2) is 9.78 Å². The molecule has 0 aliphatic heterocycles. The van der Waals surface area contributed by atoms with Crippen LogP contribution in [-0.4, -0.2) is 18.2 Å². The smallest absolute Gasteiger partial charge is 0.411 e. The van der Waals surface area contributed by atoms with Crippen LogP contribution in [0.3, 0.4) is 0 Å². The van der Waals surface area contributed by atoms with Gasteiger partial charge in [-0.1, -0.05) is 32.0 Å². The minimum absolute atomic E-state index is 0.419. The molecular weight excluding hydrogens is 278 g/mol. The molecule has 0 aliphatic rings. The number of carbonyl (C=O) groups excluding carboxylic acids is 1. The van der Waals surface area contributed by atoms with Gasteiger partial charge in [0.15, 0.2) is 0 Å². The highest BCUT2D eigenvalue weighted by atomic mass is 16.5. The van der Waals surface area contributed by atoms with Gasteiger partial charge in [-0.2, -0.15) is 0 Å². The summed E-state index contributed by atoms with van der Waals surface area (Å²) < 4.78 is 4.54. The Morgan fingerprint density at radius 2 is 2.00 bits per heavy atom. The van der Waals surface area contributed by atoms with Crippen LogP contribution in [0.4, 0.5) is 22.0 Å². The summed E-state index contributed by atoms with van der Waals surface area (Å²) in [7, 11) is 1.32. The molecule has 2 rings (SSSR count). The third-order valence-electron chi connectivity index (χ3n) is 3.38. The number of benzene rings is 1. The van der Waals surface area contributed by atoms with Gasteiger partial charge in [0.2, 0.25) is 0 Å². The highest BCUT2D eigenvalue weighted by Gasteiger charge is 2.10. The van der Waals surface area contributed by atoms with Gasteiger partial charge in [0, 0.05) is 5.69 Å². The van der Waals surface area contributed by atoms with E-state index in [1.807, 2.05) is 6.07 Å². The zero-order chi connectivity index (χ0) is 16.1. The van der Waals surface area contributed by atoms with Gasteiger partial charge in [0.1, 0.15) is 5.82 Å². The molecular formula is C17H21N3O2. The highest BCUT2D eigenvalue weighted by Crippen LogP contribution is 2.29. The van der Waals surface area contributed by atoms with Crippen LogP contribution in [0.2, 0.25) is 0 Å². The van der Waals surface area contributed by atoms with Crippen LogP contribution in [0.1, 0.15) is 30.9 Å². The Hall–Kier alpha value is -2.56. The van der Waals surface area contributed by atoms with Crippen molar-refractivity contribution in [2.45, 2.75) is 26.7 Å². The Balaban J connectivity index is 2.20. The van der Waals surface area contributed by atoms with E-state index in [1.165, 1.54) is 18.2 Å². The zero-order valence-corrected chi connectivity index (χ0v) is 13.3. The molecule has 5 nitrogen and oxygen atoms in total. The van der Waals surface area contributed by atoms with Gasteiger partial charge in [-0.3, -0.25) is 5.32 Å². The summed E-state index contributed by atoms with van der Waals surface area (Å²) in [4.78, 5) is 15.5. The van der Waals surface area contributed by atoms with E-state index in [2.05, 4.69) is 59.3 Å². The normalized spacial score (nSPS) is 10.4. The zero-order valence-electron chi connectivity index (χ0n) is 13.3. The summed E-state index contributed by atoms with van der Waals surface area (Å²) in [6.07, 6.45) is 1.08. The van der Waals surface area contributed by atoms with Crippen molar-refractivity contribution in [2.24, 2.45) is 0 Å². The van der Waals surface area contributed by atoms with E-state index >= 15 is 0 Å². The van der Waals surface area contributed by atoms with Gasteiger partial charge < -0.3 is 10.1 Å². The summed E-state index contributed by atoms with van der Waals surface area (Å²) in [6.45, 7) is 6.40. The first-order valence-corrected chi connectivity index (χ1v) is 7.19. The van der Waals surface area contributed by atoms with Crippen LogP contribution in [0.25, 0.3) is 0 Å². The predicted octanol–water partition coefficient (Wildman–Crippen LogP) is 4.44. The van der Waals surface area contributed by atoms with Crippen molar-refractivity contribution in [3.63, 3.8) is 0 Å². The molecule has 0 unspecified atom stereocenters. The molecule has 0 radical (unpaired) electrons. The van der Waals surface area contributed by atoms with Crippen molar-refractivity contribution in [3.8, 4) is 0 Å². The number of rotatable bonds is 4. The molecule has 1 aromatic carbocycles. The maximum Gasteiger partial charge on any atom is 0.411 e. The van der Waals surface area contributed by atoms with E-state index in [0.717, 1.165) is 11.5 Å². The summed E-state index contributed by atoms with van der Waals surface area (Å²) in [6, 6.07) is 9.85. The summed E-state index contributed by atoms with van der Waals surface area (Å²) in [5.41, 5.74) is 4.09. The lowest BCUT2D eigenvalue weighted by atomic mass is 9.98. The molecule has 0 spiro atoms. The van der Waals surface area contributed by atoms with Crippen LogP contribution < -0.4 is 10.6 Å². The molecule has 1 aromatic heterocycles. The first kappa shape index (κ1) is 15.8. The van der Waals surface area contributed by atoms with Crippen LogP contribution in [0.15, 0.2) is 36.5 Å². The summed E-state index contributed by atoms with van der Waals surface area (Å²) >= 11 is 0. The number of methoxy groups -OCH3 is 1. The van der Waals surface area contributed by atoms with E-state index in [0.29, 0.717) is 11.6 Å². The van der Waals surface area contributed by atoms with Gasteiger partial charge >= 0.3 is 6.09 Å². The number of hydrogen-bond acceptors (Lipinski definition) is 4. The number of aromatic nitrogens is 1. The van der Waals surface area contributed by atoms with E-state index < -0.39 is 6.09 Å². The van der Waals surface area contributed by atoms with E-state index in [1.54, 1.807) is 12.3 Å². The lowest BCUT2D eigenvalue weighted by Crippen LogP contribution is -2.11. The van der Waals surface area contributed by atoms with Crippen LogP contribution in [0.5, 0.6) is 0 Å². The second-order valence-corrected chi connectivity index (χ2v) is 5.37. The first-order valence-electron chi connectivity index (χ1n) is 7.19. The Kier molecular flexibility index (Phi) is 4.99. The second kappa shape index (κ2) is 6.93. The monoisotopic (exact) mass is 299 g/mol. The Labute approximate surface area is 130 Å². The maximum atomic E-state index is 11.1. The highest BCUT2D eigenvalue weighted by molar-refractivity contribution is 5.84. The Bertz CT molecular complexity index is 651. The molecule has 1 amide bonds. The molecule has 116 valence electrons. The molecule has 0 saturated carbocycles. The topological polar surface area (TPSA) is 63.2 Å². The van der Waals surface area contributed by atoms with Gasteiger partial charge in [-0.15, -0.1) is 0 Å². The van der Waals surface area contributed by atoms with Crippen molar-refractivity contribution in [1.82, 2.24) is 4.98 Å². The standard InChI is InChI=1S/C17H21N3O2/c1-11(2)14-7-5-6-12(3)16(14)20-15-9-8-13(10-18-15)19-17(21)22-4/h5-11H,1-4H3,(H,18,20)(H,19,21). The molecule has 2 aromatic rings. The summed E-state index contributed by atoms with van der Waals surface area (Å²) in [5.74, 6) is 1.15. The number of nitrogens with zero attached hydrogens (tertiary/aromatic N) is 1. The van der Waals surface area contributed by atoms with Crippen molar-refractivity contribution in [3.05, 3.63) is 47.7 Å². The Morgan fingerprint density at radius 1 is 1.23 bits per heavy atom. The fourth-order valence-corrected chi connectivity index (χ4v) is 2.18. The number of pyridine rings is 1. The molecule has 0 bridgehead atoms. The molecule has 22 heavy (non-hydrogen) atoms. The largest absolute Gasteiger partial charge is 0.453 e. The molecule has 0 aliphatic carbocycles.